The number of carbonyl (C=O) groups is 1. The van der Waals surface area contributed by atoms with Crippen LogP contribution in [0.15, 0.2) is 42.7 Å². The number of aromatic nitrogens is 3. The van der Waals surface area contributed by atoms with E-state index < -0.39 is 17.6 Å². The number of rotatable bonds is 6. The average Bonchev–Trinajstić information content (AvgIpc) is 3.27. The van der Waals surface area contributed by atoms with Gasteiger partial charge in [0, 0.05) is 24.5 Å². The number of nitrogens with zero attached hydrogens (tertiary/aromatic N) is 4. The number of aromatic carboxylic acids is 1. The maximum Gasteiger partial charge on any atom is 0.348 e. The highest BCUT2D eigenvalue weighted by Gasteiger charge is 2.18. The number of para-hydroxylation sites is 1. The number of carboxylic acid groups (broad SMARTS) is 1. The molecule has 0 saturated carbocycles. The number of halogens is 2. The van der Waals surface area contributed by atoms with Crippen LogP contribution in [0.4, 0.5) is 14.6 Å². The summed E-state index contributed by atoms with van der Waals surface area (Å²) in [7, 11) is 0. The van der Waals surface area contributed by atoms with Crippen LogP contribution in [0.2, 0.25) is 0 Å². The second-order valence-corrected chi connectivity index (χ2v) is 7.30. The van der Waals surface area contributed by atoms with Gasteiger partial charge in [0.2, 0.25) is 0 Å². The lowest BCUT2D eigenvalue weighted by atomic mass is 10.2. The molecule has 0 aliphatic heterocycles. The molecular formula is C20H13F2N5O2S. The first-order valence-electron chi connectivity index (χ1n) is 8.75. The van der Waals surface area contributed by atoms with Crippen molar-refractivity contribution in [1.29, 1.82) is 5.26 Å². The van der Waals surface area contributed by atoms with Gasteiger partial charge in [-0.1, -0.05) is 12.1 Å². The van der Waals surface area contributed by atoms with Gasteiger partial charge >= 0.3 is 5.97 Å². The third kappa shape index (κ3) is 3.46. The predicted molar refractivity (Wildman–Crippen MR) is 107 cm³/mol. The molecule has 150 valence electrons. The number of benzene rings is 1. The van der Waals surface area contributed by atoms with Crippen molar-refractivity contribution in [2.24, 2.45) is 0 Å². The van der Waals surface area contributed by atoms with E-state index >= 15 is 0 Å². The summed E-state index contributed by atoms with van der Waals surface area (Å²) < 4.78 is 29.8. The minimum absolute atomic E-state index is 0.0448. The summed E-state index contributed by atoms with van der Waals surface area (Å²) in [4.78, 5) is 19.2. The highest BCUT2D eigenvalue weighted by molar-refractivity contribution is 7.17. The van der Waals surface area contributed by atoms with Crippen LogP contribution < -0.4 is 5.32 Å². The van der Waals surface area contributed by atoms with Crippen molar-refractivity contribution in [1.82, 2.24) is 14.5 Å². The Labute approximate surface area is 172 Å². The van der Waals surface area contributed by atoms with Gasteiger partial charge in [0.25, 0.3) is 0 Å². The Balaban J connectivity index is 1.53. The molecule has 10 heteroatoms. The molecule has 0 bridgehead atoms. The smallest absolute Gasteiger partial charge is 0.348 e. The SMILES string of the molecule is N#Cc1c(F)c2ccccc2n1CCNc1cc(-c2cc(F)c(C(=O)O)s2)ncn1. The first-order valence-corrected chi connectivity index (χ1v) is 9.57. The molecule has 0 aliphatic carbocycles. The molecule has 0 atom stereocenters. The molecule has 4 rings (SSSR count). The third-order valence-electron chi connectivity index (χ3n) is 4.46. The molecule has 2 N–H and O–H groups in total. The van der Waals surface area contributed by atoms with Crippen LogP contribution in [0.3, 0.4) is 0 Å². The van der Waals surface area contributed by atoms with E-state index in [9.17, 15) is 18.8 Å². The lowest BCUT2D eigenvalue weighted by Crippen LogP contribution is -2.12. The van der Waals surface area contributed by atoms with Crippen LogP contribution in [0.5, 0.6) is 0 Å². The molecule has 30 heavy (non-hydrogen) atoms. The normalized spacial score (nSPS) is 10.8. The van der Waals surface area contributed by atoms with Crippen molar-refractivity contribution in [2.45, 2.75) is 6.54 Å². The molecule has 0 fully saturated rings. The molecule has 3 aromatic heterocycles. The largest absolute Gasteiger partial charge is 0.477 e. The number of carboxylic acids is 1. The van der Waals surface area contributed by atoms with Crippen LogP contribution in [0, 0.1) is 23.0 Å². The molecule has 0 radical (unpaired) electrons. The molecule has 7 nitrogen and oxygen atoms in total. The van der Waals surface area contributed by atoms with Crippen molar-refractivity contribution in [3.05, 3.63) is 64.9 Å². The number of fused-ring (bicyclic) bond motifs is 1. The fourth-order valence-corrected chi connectivity index (χ4v) is 3.97. The molecule has 4 aromatic rings. The standard InChI is InChI=1S/C20H13F2N5O2S/c21-12-7-16(30-19(12)20(28)29)13-8-17(26-10-25-13)24-5-6-27-14-4-2-1-3-11(14)18(22)15(27)9-23/h1-4,7-8,10H,5-6H2,(H,28,29)(H,24,25,26). The van der Waals surface area contributed by atoms with E-state index in [0.29, 0.717) is 40.4 Å². The van der Waals surface area contributed by atoms with Gasteiger partial charge < -0.3 is 15.0 Å². The van der Waals surface area contributed by atoms with Gasteiger partial charge in [0.1, 0.15) is 28.9 Å². The van der Waals surface area contributed by atoms with Crippen molar-refractivity contribution in [2.75, 3.05) is 11.9 Å². The predicted octanol–water partition coefficient (Wildman–Crippen LogP) is 4.12. The summed E-state index contributed by atoms with van der Waals surface area (Å²) in [6.07, 6.45) is 1.28. The van der Waals surface area contributed by atoms with E-state index in [0.717, 1.165) is 17.4 Å². The number of nitrogens with one attached hydrogen (secondary N) is 1. The molecule has 3 heterocycles. The van der Waals surface area contributed by atoms with Crippen molar-refractivity contribution in [3.63, 3.8) is 0 Å². The number of anilines is 1. The van der Waals surface area contributed by atoms with Crippen LogP contribution in [-0.4, -0.2) is 32.2 Å². The average molecular weight is 425 g/mol. The Morgan fingerprint density at radius 1 is 1.27 bits per heavy atom. The fourth-order valence-electron chi connectivity index (χ4n) is 3.13. The van der Waals surface area contributed by atoms with E-state index in [-0.39, 0.29) is 10.6 Å². The first kappa shape index (κ1) is 19.5. The Morgan fingerprint density at radius 2 is 2.07 bits per heavy atom. The maximum absolute atomic E-state index is 14.4. The van der Waals surface area contributed by atoms with Crippen molar-refractivity contribution >= 4 is 34.0 Å². The van der Waals surface area contributed by atoms with E-state index in [4.69, 9.17) is 5.11 Å². The third-order valence-corrected chi connectivity index (χ3v) is 5.58. The van der Waals surface area contributed by atoms with Gasteiger partial charge in [-0.15, -0.1) is 11.3 Å². The van der Waals surface area contributed by atoms with Crippen molar-refractivity contribution < 1.29 is 18.7 Å². The fraction of sp³-hybridized carbons (Fsp3) is 0.100. The zero-order valence-corrected chi connectivity index (χ0v) is 16.1. The van der Waals surface area contributed by atoms with Gasteiger partial charge in [-0.3, -0.25) is 0 Å². The molecule has 0 amide bonds. The highest BCUT2D eigenvalue weighted by atomic mass is 32.1. The Hall–Kier alpha value is -3.84. The molecular weight excluding hydrogens is 412 g/mol. The molecule has 0 unspecified atom stereocenters. The van der Waals surface area contributed by atoms with Gasteiger partial charge in [-0.2, -0.15) is 5.26 Å². The first-order chi connectivity index (χ1) is 14.5. The van der Waals surface area contributed by atoms with Crippen LogP contribution >= 0.6 is 11.3 Å². The van der Waals surface area contributed by atoms with E-state index in [1.54, 1.807) is 34.9 Å². The van der Waals surface area contributed by atoms with Crippen molar-refractivity contribution in [3.8, 4) is 16.6 Å². The number of hydrogen-bond acceptors (Lipinski definition) is 6. The maximum atomic E-state index is 14.4. The monoisotopic (exact) mass is 425 g/mol. The number of thiophene rings is 1. The van der Waals surface area contributed by atoms with E-state index in [1.807, 2.05) is 6.07 Å². The zero-order valence-electron chi connectivity index (χ0n) is 15.3. The van der Waals surface area contributed by atoms with Gasteiger partial charge in [-0.25, -0.2) is 23.5 Å². The summed E-state index contributed by atoms with van der Waals surface area (Å²) >= 11 is 0.785. The summed E-state index contributed by atoms with van der Waals surface area (Å²) in [5, 5.41) is 21.8. The minimum atomic E-state index is -1.34. The van der Waals surface area contributed by atoms with Gasteiger partial charge in [0.15, 0.2) is 11.5 Å². The molecule has 0 spiro atoms. The summed E-state index contributed by atoms with van der Waals surface area (Å²) in [6, 6.07) is 11.4. The lowest BCUT2D eigenvalue weighted by molar-refractivity contribution is 0.0697. The quantitative estimate of drug-likeness (QED) is 0.482. The topological polar surface area (TPSA) is 104 Å². The minimum Gasteiger partial charge on any atom is -0.477 e. The summed E-state index contributed by atoms with van der Waals surface area (Å²) in [5.74, 6) is -2.27. The molecule has 0 saturated heterocycles. The Bertz CT molecular complexity index is 1310. The van der Waals surface area contributed by atoms with E-state index in [2.05, 4.69) is 15.3 Å². The highest BCUT2D eigenvalue weighted by Crippen LogP contribution is 2.30. The number of nitriles is 1. The number of hydrogen-bond donors (Lipinski definition) is 2. The zero-order chi connectivity index (χ0) is 21.3. The van der Waals surface area contributed by atoms with Gasteiger partial charge in [-0.05, 0) is 18.2 Å². The van der Waals surface area contributed by atoms with Crippen LogP contribution in [0.25, 0.3) is 21.5 Å². The van der Waals surface area contributed by atoms with Crippen LogP contribution in [-0.2, 0) is 6.54 Å². The Morgan fingerprint density at radius 3 is 2.80 bits per heavy atom. The summed E-state index contributed by atoms with van der Waals surface area (Å²) in [6.45, 7) is 0.645. The lowest BCUT2D eigenvalue weighted by Gasteiger charge is -2.09. The second-order valence-electron chi connectivity index (χ2n) is 6.25. The second kappa shape index (κ2) is 7.88. The molecule has 1 aromatic carbocycles. The van der Waals surface area contributed by atoms with Crippen LogP contribution in [0.1, 0.15) is 15.4 Å². The van der Waals surface area contributed by atoms with E-state index in [1.165, 1.54) is 6.33 Å². The molecule has 0 aliphatic rings. The summed E-state index contributed by atoms with van der Waals surface area (Å²) in [5.41, 5.74) is 0.947. The van der Waals surface area contributed by atoms with Gasteiger partial charge in [0.05, 0.1) is 16.1 Å². The Kier molecular flexibility index (Phi) is 5.12.